The van der Waals surface area contributed by atoms with E-state index in [1.165, 1.54) is 19.3 Å². The van der Waals surface area contributed by atoms with E-state index in [9.17, 15) is 8.42 Å². The van der Waals surface area contributed by atoms with E-state index in [0.717, 1.165) is 38.8 Å². The van der Waals surface area contributed by atoms with Crippen molar-refractivity contribution in [3.63, 3.8) is 0 Å². The van der Waals surface area contributed by atoms with Gasteiger partial charge in [-0.2, -0.15) is 0 Å². The van der Waals surface area contributed by atoms with E-state index in [-0.39, 0.29) is 0 Å². The lowest BCUT2D eigenvalue weighted by molar-refractivity contribution is 0.101. The topological polar surface area (TPSA) is 55.4 Å². The zero-order valence-corrected chi connectivity index (χ0v) is 13.5. The first kappa shape index (κ1) is 16.2. The third-order valence-electron chi connectivity index (χ3n) is 4.54. The highest BCUT2D eigenvalue weighted by molar-refractivity contribution is 7.91. The Morgan fingerprint density at radius 2 is 2.20 bits per heavy atom. The first-order valence-corrected chi connectivity index (χ1v) is 9.96. The van der Waals surface area contributed by atoms with Crippen molar-refractivity contribution in [1.29, 1.82) is 0 Å². The van der Waals surface area contributed by atoms with Crippen LogP contribution in [0.1, 0.15) is 51.9 Å². The van der Waals surface area contributed by atoms with Gasteiger partial charge in [0.2, 0.25) is 0 Å². The molecule has 2 fully saturated rings. The van der Waals surface area contributed by atoms with Crippen LogP contribution in [-0.2, 0) is 14.6 Å². The summed E-state index contributed by atoms with van der Waals surface area (Å²) < 4.78 is 28.7. The SMILES string of the molecule is CCNC(CCCC1CCCO1)CC1CCS(=O)(=O)C1. The van der Waals surface area contributed by atoms with Gasteiger partial charge in [0.15, 0.2) is 9.84 Å². The molecule has 2 saturated heterocycles. The Balaban J connectivity index is 1.69. The maximum atomic E-state index is 11.5. The Bertz CT molecular complexity index is 377. The summed E-state index contributed by atoms with van der Waals surface area (Å²) in [7, 11) is -2.74. The Hall–Kier alpha value is -0.130. The first-order valence-electron chi connectivity index (χ1n) is 8.14. The molecule has 0 radical (unpaired) electrons. The molecule has 0 bridgehead atoms. The lowest BCUT2D eigenvalue weighted by Gasteiger charge is -2.21. The fraction of sp³-hybridized carbons (Fsp3) is 1.00. The molecule has 118 valence electrons. The fourth-order valence-electron chi connectivity index (χ4n) is 3.52. The second kappa shape index (κ2) is 7.76. The van der Waals surface area contributed by atoms with Crippen LogP contribution in [0.5, 0.6) is 0 Å². The van der Waals surface area contributed by atoms with Crippen LogP contribution in [0, 0.1) is 5.92 Å². The normalized spacial score (nSPS) is 30.6. The maximum Gasteiger partial charge on any atom is 0.150 e. The van der Waals surface area contributed by atoms with Crippen LogP contribution in [0.3, 0.4) is 0 Å². The highest BCUT2D eigenvalue weighted by Gasteiger charge is 2.29. The summed E-state index contributed by atoms with van der Waals surface area (Å²) in [5.74, 6) is 1.17. The first-order chi connectivity index (χ1) is 9.59. The van der Waals surface area contributed by atoms with E-state index < -0.39 is 9.84 Å². The van der Waals surface area contributed by atoms with Gasteiger partial charge in [-0.25, -0.2) is 8.42 Å². The molecule has 20 heavy (non-hydrogen) atoms. The average molecular weight is 303 g/mol. The Kier molecular flexibility index (Phi) is 6.30. The summed E-state index contributed by atoms with van der Waals surface area (Å²) in [6.07, 6.45) is 8.25. The van der Waals surface area contributed by atoms with Crippen LogP contribution >= 0.6 is 0 Å². The van der Waals surface area contributed by atoms with Gasteiger partial charge < -0.3 is 10.1 Å². The molecule has 1 N–H and O–H groups in total. The van der Waals surface area contributed by atoms with Gasteiger partial charge in [-0.3, -0.25) is 0 Å². The highest BCUT2D eigenvalue weighted by atomic mass is 32.2. The largest absolute Gasteiger partial charge is 0.378 e. The number of ether oxygens (including phenoxy) is 1. The number of hydrogen-bond acceptors (Lipinski definition) is 4. The minimum Gasteiger partial charge on any atom is -0.378 e. The minimum absolute atomic E-state index is 0.367. The summed E-state index contributed by atoms with van der Waals surface area (Å²) in [6.45, 7) is 4.02. The van der Waals surface area contributed by atoms with Crippen LogP contribution in [0.2, 0.25) is 0 Å². The molecular formula is C15H29NO3S. The number of nitrogens with one attached hydrogen (secondary N) is 1. The summed E-state index contributed by atoms with van der Waals surface area (Å²) in [4.78, 5) is 0. The summed E-state index contributed by atoms with van der Waals surface area (Å²) in [5, 5.41) is 3.53. The summed E-state index contributed by atoms with van der Waals surface area (Å²) >= 11 is 0. The maximum absolute atomic E-state index is 11.5. The van der Waals surface area contributed by atoms with Crippen molar-refractivity contribution in [2.24, 2.45) is 5.92 Å². The molecule has 0 spiro atoms. The second-order valence-electron chi connectivity index (χ2n) is 6.33. The molecule has 2 rings (SSSR count). The fourth-order valence-corrected chi connectivity index (χ4v) is 5.40. The molecule has 0 aliphatic carbocycles. The van der Waals surface area contributed by atoms with Crippen LogP contribution in [-0.4, -0.2) is 45.2 Å². The van der Waals surface area contributed by atoms with Gasteiger partial charge >= 0.3 is 0 Å². The quantitative estimate of drug-likeness (QED) is 0.746. The predicted molar refractivity (Wildman–Crippen MR) is 81.7 cm³/mol. The molecule has 0 aromatic heterocycles. The van der Waals surface area contributed by atoms with Gasteiger partial charge in [-0.1, -0.05) is 6.92 Å². The number of rotatable bonds is 8. The molecule has 0 aromatic rings. The third-order valence-corrected chi connectivity index (χ3v) is 6.38. The van der Waals surface area contributed by atoms with Gasteiger partial charge in [0.25, 0.3) is 0 Å². The van der Waals surface area contributed by atoms with Crippen molar-refractivity contribution in [2.75, 3.05) is 24.7 Å². The van der Waals surface area contributed by atoms with E-state index in [1.807, 2.05) is 0 Å². The van der Waals surface area contributed by atoms with Crippen molar-refractivity contribution >= 4 is 9.84 Å². The predicted octanol–water partition coefficient (Wildman–Crippen LogP) is 2.14. The summed E-state index contributed by atoms with van der Waals surface area (Å²) in [6, 6.07) is 0.472. The standard InChI is InChI=1S/C15H29NO3S/c1-2-16-14(5-3-6-15-7-4-9-19-15)11-13-8-10-20(17,18)12-13/h13-16H,2-12H2,1H3. The molecule has 0 amide bonds. The van der Waals surface area contributed by atoms with E-state index in [1.54, 1.807) is 0 Å². The summed E-state index contributed by atoms with van der Waals surface area (Å²) in [5.41, 5.74) is 0. The molecule has 4 nitrogen and oxygen atoms in total. The molecular weight excluding hydrogens is 274 g/mol. The van der Waals surface area contributed by atoms with Gasteiger partial charge in [0.05, 0.1) is 17.6 Å². The molecule has 2 heterocycles. The van der Waals surface area contributed by atoms with Crippen molar-refractivity contribution < 1.29 is 13.2 Å². The second-order valence-corrected chi connectivity index (χ2v) is 8.55. The molecule has 5 heteroatoms. The van der Waals surface area contributed by atoms with Crippen molar-refractivity contribution in [3.05, 3.63) is 0 Å². The number of sulfone groups is 1. The smallest absolute Gasteiger partial charge is 0.150 e. The van der Waals surface area contributed by atoms with Crippen molar-refractivity contribution in [1.82, 2.24) is 5.32 Å². The van der Waals surface area contributed by atoms with Crippen LogP contribution in [0.25, 0.3) is 0 Å². The molecule has 2 aliphatic rings. The van der Waals surface area contributed by atoms with Crippen LogP contribution in [0.15, 0.2) is 0 Å². The van der Waals surface area contributed by atoms with Crippen LogP contribution in [0.4, 0.5) is 0 Å². The van der Waals surface area contributed by atoms with E-state index in [2.05, 4.69) is 12.2 Å². The molecule has 0 saturated carbocycles. The third kappa shape index (κ3) is 5.34. The lowest BCUT2D eigenvalue weighted by Crippen LogP contribution is -2.31. The van der Waals surface area contributed by atoms with Gasteiger partial charge in [0, 0.05) is 12.6 Å². The molecule has 2 aliphatic heterocycles. The van der Waals surface area contributed by atoms with Crippen molar-refractivity contribution in [3.8, 4) is 0 Å². The lowest BCUT2D eigenvalue weighted by atomic mass is 9.95. The molecule has 3 atom stereocenters. The molecule has 3 unspecified atom stereocenters. The zero-order chi connectivity index (χ0) is 14.4. The van der Waals surface area contributed by atoms with E-state index in [4.69, 9.17) is 4.74 Å². The van der Waals surface area contributed by atoms with Gasteiger partial charge in [-0.15, -0.1) is 0 Å². The minimum atomic E-state index is -2.74. The van der Waals surface area contributed by atoms with E-state index in [0.29, 0.717) is 29.6 Å². The highest BCUT2D eigenvalue weighted by Crippen LogP contribution is 2.25. The monoisotopic (exact) mass is 303 g/mol. The number of hydrogen-bond donors (Lipinski definition) is 1. The van der Waals surface area contributed by atoms with Crippen LogP contribution < -0.4 is 5.32 Å². The Morgan fingerprint density at radius 1 is 1.35 bits per heavy atom. The Morgan fingerprint density at radius 3 is 2.80 bits per heavy atom. The van der Waals surface area contributed by atoms with Gasteiger partial charge in [-0.05, 0) is 57.4 Å². The Labute approximate surface area is 123 Å². The molecule has 0 aromatic carbocycles. The zero-order valence-electron chi connectivity index (χ0n) is 12.6. The average Bonchev–Trinajstić information content (AvgIpc) is 2.99. The van der Waals surface area contributed by atoms with Gasteiger partial charge in [0.1, 0.15) is 0 Å². The van der Waals surface area contributed by atoms with Crippen molar-refractivity contribution in [2.45, 2.75) is 64.0 Å². The van der Waals surface area contributed by atoms with E-state index >= 15 is 0 Å².